The number of carboxylic acid groups (broad SMARTS) is 1. The zero-order chi connectivity index (χ0) is 23.2. The van der Waals surface area contributed by atoms with Crippen molar-refractivity contribution < 1.29 is 23.1 Å². The minimum absolute atomic E-state index is 0.0200. The molecule has 1 fully saturated rings. The van der Waals surface area contributed by atoms with Crippen molar-refractivity contribution in [1.29, 1.82) is 0 Å². The summed E-state index contributed by atoms with van der Waals surface area (Å²) in [5.74, 6) is -0.357. The second kappa shape index (κ2) is 11.0. The Morgan fingerprint density at radius 3 is 2.61 bits per heavy atom. The number of hydrogen-bond donors (Lipinski definition) is 2. The van der Waals surface area contributed by atoms with Crippen molar-refractivity contribution in [1.82, 2.24) is 14.9 Å². The number of para-hydroxylation sites is 1. The van der Waals surface area contributed by atoms with E-state index in [1.54, 1.807) is 0 Å². The van der Waals surface area contributed by atoms with Gasteiger partial charge in [-0.2, -0.15) is 24.9 Å². The number of nitrogens with zero attached hydrogens (tertiary/aromatic N) is 2. The SMILES string of the molecule is Cc1cccc2c(=O)[nH]c(CS[C@H]3CCC[C@@H](CN(C)C)C3)nc12.O=C(O)C(F)(F)F. The topological polar surface area (TPSA) is 86.3 Å². The van der Waals surface area contributed by atoms with Crippen molar-refractivity contribution in [3.05, 3.63) is 39.9 Å². The van der Waals surface area contributed by atoms with Crippen LogP contribution in [0.15, 0.2) is 23.0 Å². The lowest BCUT2D eigenvalue weighted by molar-refractivity contribution is -0.192. The number of aliphatic carboxylic acids is 1. The summed E-state index contributed by atoms with van der Waals surface area (Å²) >= 11 is 1.95. The monoisotopic (exact) mass is 459 g/mol. The largest absolute Gasteiger partial charge is 0.490 e. The number of aromatic nitrogens is 2. The fourth-order valence-electron chi connectivity index (χ4n) is 3.69. The van der Waals surface area contributed by atoms with Gasteiger partial charge in [0.15, 0.2) is 0 Å². The number of halogens is 3. The van der Waals surface area contributed by atoms with Gasteiger partial charge < -0.3 is 15.0 Å². The quantitative estimate of drug-likeness (QED) is 0.696. The van der Waals surface area contributed by atoms with Crippen molar-refractivity contribution in [3.63, 3.8) is 0 Å². The second-order valence-electron chi connectivity index (χ2n) is 8.01. The van der Waals surface area contributed by atoms with Gasteiger partial charge in [0.1, 0.15) is 5.82 Å². The predicted octanol–water partition coefficient (Wildman–Crippen LogP) is 4.22. The molecule has 0 amide bonds. The first-order valence-corrected chi connectivity index (χ1v) is 11.1. The van der Waals surface area contributed by atoms with E-state index in [2.05, 4.69) is 24.0 Å². The lowest BCUT2D eigenvalue weighted by atomic mass is 9.88. The molecule has 0 spiro atoms. The molecule has 10 heteroatoms. The number of rotatable bonds is 5. The van der Waals surface area contributed by atoms with E-state index in [4.69, 9.17) is 14.9 Å². The highest BCUT2D eigenvalue weighted by Gasteiger charge is 2.38. The molecule has 2 aromatic rings. The van der Waals surface area contributed by atoms with Crippen LogP contribution < -0.4 is 5.56 Å². The molecule has 3 rings (SSSR count). The molecule has 0 bridgehead atoms. The van der Waals surface area contributed by atoms with Crippen LogP contribution in [0.2, 0.25) is 0 Å². The fraction of sp³-hybridized carbons (Fsp3) is 0.571. The molecule has 1 saturated carbocycles. The Kier molecular flexibility index (Phi) is 8.93. The van der Waals surface area contributed by atoms with Gasteiger partial charge in [0, 0.05) is 11.8 Å². The van der Waals surface area contributed by atoms with Crippen LogP contribution in [0.25, 0.3) is 10.9 Å². The van der Waals surface area contributed by atoms with Gasteiger partial charge in [-0.05, 0) is 57.8 Å². The molecule has 6 nitrogen and oxygen atoms in total. The maximum atomic E-state index is 12.3. The number of aryl methyl sites for hydroxylation is 1. The Labute approximate surface area is 183 Å². The minimum Gasteiger partial charge on any atom is -0.475 e. The Bertz CT molecular complexity index is 947. The number of carbonyl (C=O) groups is 1. The van der Waals surface area contributed by atoms with E-state index in [1.807, 2.05) is 36.9 Å². The average Bonchev–Trinajstić information content (AvgIpc) is 2.67. The first-order chi connectivity index (χ1) is 14.5. The normalized spacial score (nSPS) is 19.2. The van der Waals surface area contributed by atoms with E-state index in [9.17, 15) is 18.0 Å². The third kappa shape index (κ3) is 7.84. The number of fused-ring (bicyclic) bond motifs is 1. The standard InChI is InChI=1S/C19H27N3OS.C2HF3O2/c1-13-6-4-9-16-18(13)20-17(21-19(16)23)12-24-15-8-5-7-14(10-15)11-22(2)3;3-2(4,5)1(6)7/h4,6,9,14-15H,5,7-8,10-12H2,1-3H3,(H,20,21,23);(H,6,7)/t14-,15+;/m1./s1. The maximum absolute atomic E-state index is 12.3. The van der Waals surface area contributed by atoms with Gasteiger partial charge in [-0.1, -0.05) is 18.6 Å². The number of aromatic amines is 1. The summed E-state index contributed by atoms with van der Waals surface area (Å²) in [5, 5.41) is 8.49. The Morgan fingerprint density at radius 2 is 2.00 bits per heavy atom. The van der Waals surface area contributed by atoms with E-state index in [1.165, 1.54) is 32.2 Å². The van der Waals surface area contributed by atoms with Crippen LogP contribution >= 0.6 is 11.8 Å². The van der Waals surface area contributed by atoms with Gasteiger partial charge >= 0.3 is 12.1 Å². The van der Waals surface area contributed by atoms with Crippen molar-refractivity contribution in [2.24, 2.45) is 5.92 Å². The lowest BCUT2D eigenvalue weighted by Crippen LogP contribution is -2.27. The molecular formula is C21H28F3N3O3S. The molecule has 1 heterocycles. The lowest BCUT2D eigenvalue weighted by Gasteiger charge is -2.30. The number of carboxylic acids is 1. The summed E-state index contributed by atoms with van der Waals surface area (Å²) < 4.78 is 31.7. The first kappa shape index (κ1) is 25.2. The summed E-state index contributed by atoms with van der Waals surface area (Å²) in [6.07, 6.45) is 0.140. The molecule has 0 aliphatic heterocycles. The van der Waals surface area contributed by atoms with E-state index in [-0.39, 0.29) is 5.56 Å². The highest BCUT2D eigenvalue weighted by atomic mass is 32.2. The van der Waals surface area contributed by atoms with Crippen LogP contribution in [0.3, 0.4) is 0 Å². The van der Waals surface area contributed by atoms with Crippen molar-refractivity contribution in [3.8, 4) is 0 Å². The van der Waals surface area contributed by atoms with Crippen molar-refractivity contribution in [2.75, 3.05) is 20.6 Å². The first-order valence-electron chi connectivity index (χ1n) is 10.0. The van der Waals surface area contributed by atoms with Crippen LogP contribution in [0.1, 0.15) is 37.1 Å². The van der Waals surface area contributed by atoms with E-state index in [0.29, 0.717) is 10.6 Å². The molecule has 1 aliphatic rings. The number of benzene rings is 1. The number of H-pyrrole nitrogens is 1. The molecule has 0 saturated heterocycles. The molecule has 0 unspecified atom stereocenters. The maximum Gasteiger partial charge on any atom is 0.490 e. The van der Waals surface area contributed by atoms with E-state index in [0.717, 1.165) is 28.6 Å². The molecule has 172 valence electrons. The predicted molar refractivity (Wildman–Crippen MR) is 116 cm³/mol. The van der Waals surface area contributed by atoms with Gasteiger partial charge in [-0.25, -0.2) is 9.78 Å². The Hall–Kier alpha value is -2.07. The highest BCUT2D eigenvalue weighted by Crippen LogP contribution is 2.33. The molecule has 1 aromatic carbocycles. The third-order valence-corrected chi connectivity index (χ3v) is 6.38. The summed E-state index contributed by atoms with van der Waals surface area (Å²) in [7, 11) is 4.31. The van der Waals surface area contributed by atoms with Crippen LogP contribution in [0, 0.1) is 12.8 Å². The minimum atomic E-state index is -5.08. The number of hydrogen-bond acceptors (Lipinski definition) is 5. The molecule has 0 radical (unpaired) electrons. The van der Waals surface area contributed by atoms with Crippen LogP contribution in [-0.4, -0.2) is 58.0 Å². The zero-order valence-electron chi connectivity index (χ0n) is 17.8. The molecular weight excluding hydrogens is 431 g/mol. The number of thioether (sulfide) groups is 1. The Morgan fingerprint density at radius 1 is 1.32 bits per heavy atom. The molecule has 2 atom stereocenters. The van der Waals surface area contributed by atoms with Crippen molar-refractivity contribution in [2.45, 2.75) is 49.8 Å². The summed E-state index contributed by atoms with van der Waals surface area (Å²) in [6.45, 7) is 3.19. The molecule has 31 heavy (non-hydrogen) atoms. The van der Waals surface area contributed by atoms with E-state index >= 15 is 0 Å². The van der Waals surface area contributed by atoms with Crippen LogP contribution in [0.4, 0.5) is 13.2 Å². The number of nitrogens with one attached hydrogen (secondary N) is 1. The molecule has 2 N–H and O–H groups in total. The van der Waals surface area contributed by atoms with E-state index < -0.39 is 12.1 Å². The number of alkyl halides is 3. The Balaban J connectivity index is 0.000000423. The van der Waals surface area contributed by atoms with Gasteiger partial charge in [-0.15, -0.1) is 0 Å². The summed E-state index contributed by atoms with van der Waals surface area (Å²) in [5.41, 5.74) is 1.88. The zero-order valence-corrected chi connectivity index (χ0v) is 18.6. The smallest absolute Gasteiger partial charge is 0.475 e. The summed E-state index contributed by atoms with van der Waals surface area (Å²) in [6, 6.07) is 5.77. The summed E-state index contributed by atoms with van der Waals surface area (Å²) in [4.78, 5) is 31.1. The van der Waals surface area contributed by atoms with Gasteiger partial charge in [0.2, 0.25) is 0 Å². The highest BCUT2D eigenvalue weighted by molar-refractivity contribution is 7.99. The van der Waals surface area contributed by atoms with Crippen molar-refractivity contribution >= 4 is 28.6 Å². The third-order valence-electron chi connectivity index (χ3n) is 5.04. The van der Waals surface area contributed by atoms with Gasteiger partial charge in [0.05, 0.1) is 16.7 Å². The van der Waals surface area contributed by atoms with Gasteiger partial charge in [-0.3, -0.25) is 4.79 Å². The molecule has 1 aliphatic carbocycles. The average molecular weight is 460 g/mol. The van der Waals surface area contributed by atoms with Gasteiger partial charge in [0.25, 0.3) is 5.56 Å². The second-order valence-corrected chi connectivity index (χ2v) is 9.30. The molecule has 1 aromatic heterocycles. The fourth-order valence-corrected chi connectivity index (χ4v) is 4.96. The van der Waals surface area contributed by atoms with Crippen LogP contribution in [0.5, 0.6) is 0 Å². The van der Waals surface area contributed by atoms with Crippen LogP contribution in [-0.2, 0) is 10.5 Å².